The van der Waals surface area contributed by atoms with Crippen LogP contribution in [0, 0.1) is 0 Å². The van der Waals surface area contributed by atoms with E-state index in [0.717, 1.165) is 40.8 Å². The first kappa shape index (κ1) is 24.0. The number of imidazole rings is 1. The number of hydrogen-bond donors (Lipinski definition) is 1. The van der Waals surface area contributed by atoms with Gasteiger partial charge in [0.15, 0.2) is 0 Å². The van der Waals surface area contributed by atoms with E-state index in [1.165, 1.54) is 49.5 Å². The third-order valence-corrected chi connectivity index (χ3v) is 7.04. The molecule has 1 aliphatic rings. The van der Waals surface area contributed by atoms with Crippen molar-refractivity contribution in [1.29, 1.82) is 0 Å². The summed E-state index contributed by atoms with van der Waals surface area (Å²) in [6, 6.07) is 23.0. The highest BCUT2D eigenvalue weighted by molar-refractivity contribution is 5.93. The number of ether oxygens (including phenoxy) is 1. The number of methoxy groups -OCH3 is 1. The molecule has 36 heavy (non-hydrogen) atoms. The van der Waals surface area contributed by atoms with Gasteiger partial charge in [-0.3, -0.25) is 0 Å². The maximum absolute atomic E-state index is 11.8. The van der Waals surface area contributed by atoms with E-state index in [9.17, 15) is 4.79 Å². The summed E-state index contributed by atoms with van der Waals surface area (Å²) < 4.78 is 7.11. The van der Waals surface area contributed by atoms with Crippen molar-refractivity contribution in [2.75, 3.05) is 13.7 Å². The van der Waals surface area contributed by atoms with Crippen LogP contribution in [0.2, 0.25) is 0 Å². The van der Waals surface area contributed by atoms with E-state index in [1.807, 2.05) is 24.3 Å². The zero-order chi connectivity index (χ0) is 24.9. The van der Waals surface area contributed by atoms with Crippen molar-refractivity contribution >= 4 is 22.6 Å². The quantitative estimate of drug-likeness (QED) is 0.297. The van der Waals surface area contributed by atoms with Gasteiger partial charge in [0, 0.05) is 18.5 Å². The van der Waals surface area contributed by atoms with Gasteiger partial charge in [0.05, 0.1) is 23.7 Å². The molecule has 0 radical (unpaired) electrons. The summed E-state index contributed by atoms with van der Waals surface area (Å²) in [4.78, 5) is 16.9. The summed E-state index contributed by atoms with van der Waals surface area (Å²) in [5.41, 5.74) is 14.7. The molecule has 5 nitrogen and oxygen atoms in total. The largest absolute Gasteiger partial charge is 0.465 e. The molecule has 5 heteroatoms. The summed E-state index contributed by atoms with van der Waals surface area (Å²) in [7, 11) is 1.40. The maximum atomic E-state index is 11.8. The Morgan fingerprint density at radius 2 is 1.78 bits per heavy atom. The molecule has 0 bridgehead atoms. The topological polar surface area (TPSA) is 70.1 Å². The van der Waals surface area contributed by atoms with Crippen molar-refractivity contribution in [1.82, 2.24) is 9.55 Å². The van der Waals surface area contributed by atoms with E-state index in [4.69, 9.17) is 15.5 Å². The fraction of sp³-hybridized carbons (Fsp3) is 0.290. The standard InChI is InChI=1S/C31H33N3O2/c1-36-31(35)26-14-12-22(13-15-26)21-34-28-10-5-9-27(30(28)33-29(34)11-6-20-32)25-18-16-24(17-19-25)23-7-3-2-4-8-23/h5,7,9-10,12-19H,2-4,6,8,11,20-21,32H2,1H3. The normalized spacial score (nSPS) is 13.6. The van der Waals surface area contributed by atoms with Gasteiger partial charge in [0.25, 0.3) is 0 Å². The molecule has 5 rings (SSSR count). The number of nitrogens with two attached hydrogens (primary N) is 1. The van der Waals surface area contributed by atoms with Gasteiger partial charge in [-0.15, -0.1) is 0 Å². The third-order valence-electron chi connectivity index (χ3n) is 7.04. The summed E-state index contributed by atoms with van der Waals surface area (Å²) in [6.07, 6.45) is 9.02. The monoisotopic (exact) mass is 479 g/mol. The van der Waals surface area contributed by atoms with E-state index < -0.39 is 0 Å². The third kappa shape index (κ3) is 4.98. The molecule has 3 aromatic carbocycles. The number of rotatable bonds is 8. The molecule has 184 valence electrons. The predicted molar refractivity (Wildman–Crippen MR) is 146 cm³/mol. The second-order valence-electron chi connectivity index (χ2n) is 9.42. The molecule has 0 unspecified atom stereocenters. The van der Waals surface area contributed by atoms with Gasteiger partial charge in [-0.25, -0.2) is 9.78 Å². The van der Waals surface area contributed by atoms with E-state index >= 15 is 0 Å². The molecule has 4 aromatic rings. The van der Waals surface area contributed by atoms with Crippen LogP contribution in [-0.2, 0) is 17.7 Å². The summed E-state index contributed by atoms with van der Waals surface area (Å²) in [6.45, 7) is 1.30. The fourth-order valence-corrected chi connectivity index (χ4v) is 5.07. The van der Waals surface area contributed by atoms with Gasteiger partial charge in [-0.05, 0) is 79.1 Å². The Morgan fingerprint density at radius 3 is 2.47 bits per heavy atom. The Labute approximate surface area is 212 Å². The van der Waals surface area contributed by atoms with E-state index in [2.05, 4.69) is 53.1 Å². The lowest BCUT2D eigenvalue weighted by atomic mass is 9.92. The highest BCUT2D eigenvalue weighted by atomic mass is 16.5. The first-order valence-electron chi connectivity index (χ1n) is 12.8. The molecule has 2 N–H and O–H groups in total. The Hall–Kier alpha value is -3.70. The van der Waals surface area contributed by atoms with Gasteiger partial charge in [0.2, 0.25) is 0 Å². The van der Waals surface area contributed by atoms with Crippen molar-refractivity contribution in [2.45, 2.75) is 45.1 Å². The molecular formula is C31H33N3O2. The van der Waals surface area contributed by atoms with Crippen molar-refractivity contribution in [2.24, 2.45) is 5.73 Å². The van der Waals surface area contributed by atoms with Gasteiger partial charge in [0.1, 0.15) is 5.82 Å². The van der Waals surface area contributed by atoms with Crippen molar-refractivity contribution in [3.05, 3.63) is 95.3 Å². The molecule has 0 saturated carbocycles. The van der Waals surface area contributed by atoms with Crippen LogP contribution in [0.25, 0.3) is 27.7 Å². The van der Waals surface area contributed by atoms with Crippen LogP contribution in [-0.4, -0.2) is 29.2 Å². The van der Waals surface area contributed by atoms with Crippen LogP contribution < -0.4 is 5.73 Å². The number of benzene rings is 3. The summed E-state index contributed by atoms with van der Waals surface area (Å²) in [5, 5.41) is 0. The first-order valence-corrected chi connectivity index (χ1v) is 12.8. The number of aromatic nitrogens is 2. The van der Waals surface area contributed by atoms with Crippen molar-refractivity contribution < 1.29 is 9.53 Å². The lowest BCUT2D eigenvalue weighted by Gasteiger charge is -2.13. The smallest absolute Gasteiger partial charge is 0.337 e. The van der Waals surface area contributed by atoms with Crippen molar-refractivity contribution in [3.63, 3.8) is 0 Å². The van der Waals surface area contributed by atoms with Crippen LogP contribution >= 0.6 is 0 Å². The van der Waals surface area contributed by atoms with E-state index in [-0.39, 0.29) is 5.97 Å². The fourth-order valence-electron chi connectivity index (χ4n) is 5.07. The van der Waals surface area contributed by atoms with Crippen LogP contribution in [0.5, 0.6) is 0 Å². The molecule has 1 aromatic heterocycles. The summed E-state index contributed by atoms with van der Waals surface area (Å²) >= 11 is 0. The highest BCUT2D eigenvalue weighted by Gasteiger charge is 2.16. The van der Waals surface area contributed by atoms with Crippen molar-refractivity contribution in [3.8, 4) is 11.1 Å². The Morgan fingerprint density at radius 1 is 1.00 bits per heavy atom. The number of nitrogens with zero attached hydrogens (tertiary/aromatic N) is 2. The molecule has 0 saturated heterocycles. The molecule has 0 amide bonds. The van der Waals surface area contributed by atoms with Gasteiger partial charge >= 0.3 is 5.97 Å². The summed E-state index contributed by atoms with van der Waals surface area (Å²) in [5.74, 6) is 0.706. The lowest BCUT2D eigenvalue weighted by Crippen LogP contribution is -2.08. The molecule has 0 fully saturated rings. The number of carbonyl (C=O) groups excluding carboxylic acids is 1. The number of fused-ring (bicyclic) bond motifs is 1. The zero-order valence-electron chi connectivity index (χ0n) is 20.9. The number of esters is 1. The molecule has 0 aliphatic heterocycles. The SMILES string of the molecule is COC(=O)c1ccc(Cn2c(CCCN)nc3c(-c4ccc(C5=CCCCC5)cc4)cccc32)cc1. The molecule has 0 atom stereocenters. The minimum atomic E-state index is -0.325. The number of para-hydroxylation sites is 1. The molecule has 1 aliphatic carbocycles. The second kappa shape index (κ2) is 10.9. The second-order valence-corrected chi connectivity index (χ2v) is 9.42. The number of carbonyl (C=O) groups is 1. The number of allylic oxidation sites excluding steroid dienone is 2. The average molecular weight is 480 g/mol. The predicted octanol–water partition coefficient (Wildman–Crippen LogP) is 6.39. The minimum Gasteiger partial charge on any atom is -0.465 e. The van der Waals surface area contributed by atoms with Crippen LogP contribution in [0.1, 0.15) is 59.4 Å². The molecule has 1 heterocycles. The zero-order valence-corrected chi connectivity index (χ0v) is 20.9. The van der Waals surface area contributed by atoms with Crippen LogP contribution in [0.15, 0.2) is 72.8 Å². The molecular weight excluding hydrogens is 446 g/mol. The van der Waals surface area contributed by atoms with Gasteiger partial charge in [-0.1, -0.05) is 54.6 Å². The highest BCUT2D eigenvalue weighted by Crippen LogP contribution is 2.32. The van der Waals surface area contributed by atoms with Gasteiger partial charge in [-0.2, -0.15) is 0 Å². The number of hydrogen-bond acceptors (Lipinski definition) is 4. The van der Waals surface area contributed by atoms with E-state index in [0.29, 0.717) is 18.7 Å². The Kier molecular flexibility index (Phi) is 7.28. The minimum absolute atomic E-state index is 0.325. The maximum Gasteiger partial charge on any atom is 0.337 e. The van der Waals surface area contributed by atoms with E-state index in [1.54, 1.807) is 0 Å². The Balaban J connectivity index is 1.50. The molecule has 0 spiro atoms. The number of aryl methyl sites for hydroxylation is 1. The Bertz CT molecular complexity index is 1380. The average Bonchev–Trinajstić information content (AvgIpc) is 3.29. The lowest BCUT2D eigenvalue weighted by molar-refractivity contribution is 0.0600. The van der Waals surface area contributed by atoms with Gasteiger partial charge < -0.3 is 15.0 Å². The van der Waals surface area contributed by atoms with Crippen LogP contribution in [0.3, 0.4) is 0 Å². The first-order chi connectivity index (χ1) is 17.7. The van der Waals surface area contributed by atoms with Crippen LogP contribution in [0.4, 0.5) is 0 Å².